The lowest BCUT2D eigenvalue weighted by Crippen LogP contribution is -2.26. The highest BCUT2D eigenvalue weighted by atomic mass is 16.5. The van der Waals surface area contributed by atoms with Crippen molar-refractivity contribution in [2.45, 2.75) is 31.8 Å². The Labute approximate surface area is 182 Å². The van der Waals surface area contributed by atoms with Gasteiger partial charge in [0.1, 0.15) is 16.9 Å². The fourth-order valence-corrected chi connectivity index (χ4v) is 4.04. The van der Waals surface area contributed by atoms with Crippen molar-refractivity contribution in [2.24, 2.45) is 5.92 Å². The highest BCUT2D eigenvalue weighted by molar-refractivity contribution is 6.00. The normalized spacial score (nSPS) is 20.8. The lowest BCUT2D eigenvalue weighted by molar-refractivity contribution is -0.117. The molecule has 1 aliphatic heterocycles. The molecule has 1 amide bonds. The van der Waals surface area contributed by atoms with E-state index in [1.165, 1.54) is 0 Å². The van der Waals surface area contributed by atoms with E-state index in [4.69, 9.17) is 9.15 Å². The molecule has 9 heteroatoms. The molecule has 6 rings (SSSR count). The number of ether oxygens (including phenoxy) is 1. The van der Waals surface area contributed by atoms with Gasteiger partial charge in [0.25, 0.3) is 0 Å². The third kappa shape index (κ3) is 3.21. The molecule has 1 aliphatic carbocycles. The van der Waals surface area contributed by atoms with Gasteiger partial charge in [-0.2, -0.15) is 0 Å². The van der Waals surface area contributed by atoms with Gasteiger partial charge in [0.05, 0.1) is 24.1 Å². The molecule has 2 N–H and O–H groups in total. The molecule has 2 fully saturated rings. The van der Waals surface area contributed by atoms with Gasteiger partial charge in [-0.15, -0.1) is 0 Å². The van der Waals surface area contributed by atoms with E-state index in [0.717, 1.165) is 29.3 Å². The number of aliphatic hydroxyl groups is 1. The van der Waals surface area contributed by atoms with Crippen molar-refractivity contribution in [3.63, 3.8) is 0 Å². The van der Waals surface area contributed by atoms with Gasteiger partial charge in [-0.25, -0.2) is 9.97 Å². The van der Waals surface area contributed by atoms with E-state index in [0.29, 0.717) is 47.1 Å². The number of aryl methyl sites for hydroxylation is 1. The molecule has 4 aromatic rings. The number of nitrogens with zero attached hydrogens (tertiary/aromatic N) is 4. The summed E-state index contributed by atoms with van der Waals surface area (Å²) in [7, 11) is 0. The minimum Gasteiger partial charge on any atom is -0.434 e. The number of carbonyl (C=O) groups excluding carboxylic acids is 1. The van der Waals surface area contributed by atoms with Crippen molar-refractivity contribution in [1.29, 1.82) is 0 Å². The Bertz CT molecular complexity index is 1370. The van der Waals surface area contributed by atoms with Gasteiger partial charge in [0.15, 0.2) is 5.58 Å². The number of hydrogen-bond acceptors (Lipinski definition) is 8. The number of aromatic nitrogens is 4. The average Bonchev–Trinajstić information content (AvgIpc) is 3.41. The molecule has 0 radical (unpaired) electrons. The van der Waals surface area contributed by atoms with E-state index in [9.17, 15) is 9.90 Å². The molecule has 1 saturated heterocycles. The maximum atomic E-state index is 12.2. The van der Waals surface area contributed by atoms with Gasteiger partial charge in [0, 0.05) is 47.8 Å². The van der Waals surface area contributed by atoms with E-state index < -0.39 is 5.60 Å². The maximum Gasteiger partial charge on any atom is 0.229 e. The Morgan fingerprint density at radius 3 is 2.81 bits per heavy atom. The molecule has 1 saturated carbocycles. The molecule has 1 atom stereocenters. The fourth-order valence-electron chi connectivity index (χ4n) is 4.04. The summed E-state index contributed by atoms with van der Waals surface area (Å²) < 4.78 is 11.3. The summed E-state index contributed by atoms with van der Waals surface area (Å²) in [6.07, 6.45) is 7.33. The second-order valence-electron chi connectivity index (χ2n) is 8.53. The first-order chi connectivity index (χ1) is 15.5. The van der Waals surface area contributed by atoms with Gasteiger partial charge in [-0.05, 0) is 31.9 Å². The second kappa shape index (κ2) is 7.04. The summed E-state index contributed by atoms with van der Waals surface area (Å²) >= 11 is 0. The number of carbonyl (C=O) groups is 1. The van der Waals surface area contributed by atoms with Crippen LogP contribution in [0.1, 0.15) is 30.7 Å². The van der Waals surface area contributed by atoms with E-state index in [2.05, 4.69) is 25.3 Å². The zero-order valence-corrected chi connectivity index (χ0v) is 17.5. The molecule has 0 unspecified atom stereocenters. The minimum absolute atomic E-state index is 0.00142. The standard InChI is InChI=1S/C23H21N5O4/c1-12-15-8-26-20(28-21(29)13-2-3-13)6-14(15)16(9-24-12)22-27-17-7-19(25-10-18(17)32-22)23(30)4-5-31-11-23/h6-10,13,30H,2-5,11H2,1H3,(H,26,28,29)/t23-/m1/s1. The number of nitrogens with one attached hydrogen (secondary N) is 1. The highest BCUT2D eigenvalue weighted by Gasteiger charge is 2.36. The highest BCUT2D eigenvalue weighted by Crippen LogP contribution is 2.35. The van der Waals surface area contributed by atoms with Crippen LogP contribution in [0.5, 0.6) is 0 Å². The number of hydrogen-bond donors (Lipinski definition) is 2. The van der Waals surface area contributed by atoms with Crippen LogP contribution in [-0.2, 0) is 15.1 Å². The third-order valence-electron chi connectivity index (χ3n) is 6.15. The number of pyridine rings is 3. The number of rotatable bonds is 4. The quantitative estimate of drug-likeness (QED) is 0.505. The van der Waals surface area contributed by atoms with Crippen molar-refractivity contribution in [1.82, 2.24) is 19.9 Å². The van der Waals surface area contributed by atoms with Crippen LogP contribution < -0.4 is 5.32 Å². The van der Waals surface area contributed by atoms with Gasteiger partial charge in [-0.1, -0.05) is 0 Å². The van der Waals surface area contributed by atoms with Crippen LogP contribution in [0, 0.1) is 12.8 Å². The monoisotopic (exact) mass is 431 g/mol. The maximum absolute atomic E-state index is 12.2. The summed E-state index contributed by atoms with van der Waals surface area (Å²) in [6, 6.07) is 3.57. The smallest absolute Gasteiger partial charge is 0.229 e. The van der Waals surface area contributed by atoms with Gasteiger partial charge in [-0.3, -0.25) is 14.8 Å². The fraction of sp³-hybridized carbons (Fsp3) is 0.348. The Kier molecular flexibility index (Phi) is 4.24. The molecular formula is C23H21N5O4. The largest absolute Gasteiger partial charge is 0.434 e. The number of anilines is 1. The van der Waals surface area contributed by atoms with Gasteiger partial charge < -0.3 is 19.6 Å². The zero-order chi connectivity index (χ0) is 21.9. The van der Waals surface area contributed by atoms with Crippen LogP contribution in [-0.4, -0.2) is 44.2 Å². The molecular weight excluding hydrogens is 410 g/mol. The lowest BCUT2D eigenvalue weighted by atomic mass is 9.98. The molecule has 0 spiro atoms. The Balaban J connectivity index is 1.43. The van der Waals surface area contributed by atoms with Crippen LogP contribution in [0.4, 0.5) is 5.82 Å². The molecule has 162 valence electrons. The number of amides is 1. The molecule has 4 aromatic heterocycles. The molecule has 0 aromatic carbocycles. The Hall–Kier alpha value is -3.43. The summed E-state index contributed by atoms with van der Waals surface area (Å²) in [5.74, 6) is 0.963. The lowest BCUT2D eigenvalue weighted by Gasteiger charge is -2.18. The van der Waals surface area contributed by atoms with Crippen LogP contribution in [0.15, 0.2) is 35.1 Å². The topological polar surface area (TPSA) is 123 Å². The van der Waals surface area contributed by atoms with Crippen LogP contribution in [0.3, 0.4) is 0 Å². The van der Waals surface area contributed by atoms with E-state index in [-0.39, 0.29) is 18.4 Å². The number of oxazole rings is 1. The first-order valence-corrected chi connectivity index (χ1v) is 10.6. The summed E-state index contributed by atoms with van der Waals surface area (Å²) in [5.41, 5.74) is 2.02. The molecule has 9 nitrogen and oxygen atoms in total. The predicted octanol–water partition coefficient (Wildman–Crippen LogP) is 3.10. The average molecular weight is 431 g/mol. The first kappa shape index (κ1) is 19.3. The molecule has 32 heavy (non-hydrogen) atoms. The van der Waals surface area contributed by atoms with E-state index in [1.807, 2.05) is 13.0 Å². The Morgan fingerprint density at radius 2 is 2.03 bits per heavy atom. The SMILES string of the molecule is Cc1ncc(-c2nc3cc([C@@]4(O)CCOC4)ncc3o2)c2cc(NC(=O)C3CC3)ncc12. The van der Waals surface area contributed by atoms with Crippen LogP contribution in [0.25, 0.3) is 33.3 Å². The van der Waals surface area contributed by atoms with Crippen molar-refractivity contribution in [2.75, 3.05) is 18.5 Å². The Morgan fingerprint density at radius 1 is 1.16 bits per heavy atom. The summed E-state index contributed by atoms with van der Waals surface area (Å²) in [4.78, 5) is 30.1. The predicted molar refractivity (Wildman–Crippen MR) is 116 cm³/mol. The molecule has 5 heterocycles. The van der Waals surface area contributed by atoms with Crippen LogP contribution in [0.2, 0.25) is 0 Å². The molecule has 0 bridgehead atoms. The van der Waals surface area contributed by atoms with Crippen molar-refractivity contribution in [3.8, 4) is 11.5 Å². The first-order valence-electron chi connectivity index (χ1n) is 10.6. The van der Waals surface area contributed by atoms with E-state index in [1.54, 1.807) is 24.7 Å². The number of fused-ring (bicyclic) bond motifs is 2. The molecule has 2 aliphatic rings. The minimum atomic E-state index is -1.11. The third-order valence-corrected chi connectivity index (χ3v) is 6.15. The van der Waals surface area contributed by atoms with Crippen molar-refractivity contribution >= 4 is 33.6 Å². The van der Waals surface area contributed by atoms with Crippen molar-refractivity contribution in [3.05, 3.63) is 42.1 Å². The van der Waals surface area contributed by atoms with Crippen molar-refractivity contribution < 1.29 is 19.1 Å². The van der Waals surface area contributed by atoms with Gasteiger partial charge >= 0.3 is 0 Å². The summed E-state index contributed by atoms with van der Waals surface area (Å²) in [5, 5.41) is 15.3. The van der Waals surface area contributed by atoms with Crippen LogP contribution >= 0.6 is 0 Å². The zero-order valence-electron chi connectivity index (χ0n) is 17.5. The second-order valence-corrected chi connectivity index (χ2v) is 8.53. The van der Waals surface area contributed by atoms with E-state index >= 15 is 0 Å². The van der Waals surface area contributed by atoms with Gasteiger partial charge in [0.2, 0.25) is 11.8 Å². The summed E-state index contributed by atoms with van der Waals surface area (Å²) in [6.45, 7) is 2.61.